The largest absolute Gasteiger partial charge is 0.318 e. The van der Waals surface area contributed by atoms with Gasteiger partial charge in [0.25, 0.3) is 0 Å². The van der Waals surface area contributed by atoms with Gasteiger partial charge in [-0.1, -0.05) is 35.9 Å². The predicted octanol–water partition coefficient (Wildman–Crippen LogP) is 4.00. The molecule has 0 saturated heterocycles. The monoisotopic (exact) mass is 274 g/mol. The van der Waals surface area contributed by atoms with Crippen molar-refractivity contribution in [2.75, 3.05) is 0 Å². The molecule has 90 valence electrons. The standard InChI is InChI=1S/C14H11ClN2S/c15-10-7-5-9(6-8-10)13(16)14-17-11-3-1-2-4-12(11)18-14/h1-8,13H,16H2. The molecule has 0 amide bonds. The summed E-state index contributed by atoms with van der Waals surface area (Å²) in [6.45, 7) is 0. The SMILES string of the molecule is NC(c1ccc(Cl)cc1)c1nc2ccccc2s1. The summed E-state index contributed by atoms with van der Waals surface area (Å²) in [7, 11) is 0. The second-order valence-corrected chi connectivity index (χ2v) is 5.55. The van der Waals surface area contributed by atoms with E-state index in [2.05, 4.69) is 11.1 Å². The third kappa shape index (κ3) is 2.12. The molecule has 1 atom stereocenters. The van der Waals surface area contributed by atoms with Gasteiger partial charge in [-0.05, 0) is 29.8 Å². The normalized spacial score (nSPS) is 12.8. The van der Waals surface area contributed by atoms with Gasteiger partial charge in [-0.15, -0.1) is 11.3 Å². The van der Waals surface area contributed by atoms with Crippen LogP contribution < -0.4 is 5.73 Å². The molecular weight excluding hydrogens is 264 g/mol. The maximum atomic E-state index is 6.24. The molecule has 1 aromatic heterocycles. The second-order valence-electron chi connectivity index (χ2n) is 4.05. The molecule has 0 bridgehead atoms. The number of nitrogens with two attached hydrogens (primary N) is 1. The van der Waals surface area contributed by atoms with Crippen LogP contribution in [-0.2, 0) is 0 Å². The number of nitrogens with zero attached hydrogens (tertiary/aromatic N) is 1. The summed E-state index contributed by atoms with van der Waals surface area (Å²) in [5.41, 5.74) is 8.26. The van der Waals surface area contributed by atoms with Gasteiger partial charge < -0.3 is 5.73 Å². The fraction of sp³-hybridized carbons (Fsp3) is 0.0714. The highest BCUT2D eigenvalue weighted by molar-refractivity contribution is 7.18. The second kappa shape index (κ2) is 4.69. The first kappa shape index (κ1) is 11.7. The molecule has 2 N–H and O–H groups in total. The molecule has 2 nitrogen and oxygen atoms in total. The number of benzene rings is 2. The molecule has 1 heterocycles. The third-order valence-electron chi connectivity index (χ3n) is 2.81. The zero-order valence-corrected chi connectivity index (χ0v) is 11.1. The molecule has 0 saturated carbocycles. The Balaban J connectivity index is 2.00. The zero-order chi connectivity index (χ0) is 12.5. The summed E-state index contributed by atoms with van der Waals surface area (Å²) in [6.07, 6.45) is 0. The van der Waals surface area contributed by atoms with E-state index in [1.165, 1.54) is 0 Å². The lowest BCUT2D eigenvalue weighted by atomic mass is 10.1. The number of fused-ring (bicyclic) bond motifs is 1. The zero-order valence-electron chi connectivity index (χ0n) is 9.51. The van der Waals surface area contributed by atoms with Crippen LogP contribution in [0, 0.1) is 0 Å². The molecule has 0 spiro atoms. The summed E-state index contributed by atoms with van der Waals surface area (Å²) in [6, 6.07) is 15.5. The summed E-state index contributed by atoms with van der Waals surface area (Å²) in [5, 5.41) is 1.65. The minimum atomic E-state index is -0.195. The third-order valence-corrected chi connectivity index (χ3v) is 4.18. The van der Waals surface area contributed by atoms with E-state index in [9.17, 15) is 0 Å². The van der Waals surface area contributed by atoms with Crippen molar-refractivity contribution in [3.63, 3.8) is 0 Å². The average molecular weight is 275 g/mol. The Morgan fingerprint density at radius 1 is 1.06 bits per heavy atom. The van der Waals surface area contributed by atoms with Crippen LogP contribution in [0.1, 0.15) is 16.6 Å². The van der Waals surface area contributed by atoms with Crippen molar-refractivity contribution in [2.45, 2.75) is 6.04 Å². The maximum absolute atomic E-state index is 6.24. The van der Waals surface area contributed by atoms with Crippen LogP contribution in [0.25, 0.3) is 10.2 Å². The van der Waals surface area contributed by atoms with Gasteiger partial charge in [0.15, 0.2) is 0 Å². The Kier molecular flexibility index (Phi) is 3.04. The number of hydrogen-bond donors (Lipinski definition) is 1. The number of halogens is 1. The molecule has 0 aliphatic carbocycles. The van der Waals surface area contributed by atoms with Crippen molar-refractivity contribution < 1.29 is 0 Å². The molecule has 18 heavy (non-hydrogen) atoms. The van der Waals surface area contributed by atoms with Crippen LogP contribution in [0.5, 0.6) is 0 Å². The van der Waals surface area contributed by atoms with Crippen LogP contribution in [-0.4, -0.2) is 4.98 Å². The first-order valence-electron chi connectivity index (χ1n) is 5.60. The van der Waals surface area contributed by atoms with Gasteiger partial charge >= 0.3 is 0 Å². The lowest BCUT2D eigenvalue weighted by Gasteiger charge is -2.08. The fourth-order valence-corrected chi connectivity index (χ4v) is 2.96. The molecule has 2 aromatic carbocycles. The summed E-state index contributed by atoms with van der Waals surface area (Å²) < 4.78 is 1.16. The minimum Gasteiger partial charge on any atom is -0.318 e. The van der Waals surface area contributed by atoms with Gasteiger partial charge in [0.2, 0.25) is 0 Å². The van der Waals surface area contributed by atoms with E-state index >= 15 is 0 Å². The molecule has 3 rings (SSSR count). The first-order chi connectivity index (χ1) is 8.74. The number of hydrogen-bond acceptors (Lipinski definition) is 3. The highest BCUT2D eigenvalue weighted by Gasteiger charge is 2.13. The number of para-hydroxylation sites is 1. The van der Waals surface area contributed by atoms with Crippen molar-refractivity contribution in [1.29, 1.82) is 0 Å². The van der Waals surface area contributed by atoms with Crippen molar-refractivity contribution in [3.8, 4) is 0 Å². The molecule has 4 heteroatoms. The smallest absolute Gasteiger partial charge is 0.115 e. The molecule has 1 unspecified atom stereocenters. The van der Waals surface area contributed by atoms with Crippen LogP contribution in [0.3, 0.4) is 0 Å². The highest BCUT2D eigenvalue weighted by atomic mass is 35.5. The minimum absolute atomic E-state index is 0.195. The Morgan fingerprint density at radius 3 is 2.50 bits per heavy atom. The quantitative estimate of drug-likeness (QED) is 0.767. The number of aromatic nitrogens is 1. The number of thiazole rings is 1. The topological polar surface area (TPSA) is 38.9 Å². The highest BCUT2D eigenvalue weighted by Crippen LogP contribution is 2.29. The Bertz CT molecular complexity index is 643. The molecule has 0 aliphatic heterocycles. The van der Waals surface area contributed by atoms with Crippen LogP contribution in [0.2, 0.25) is 5.02 Å². The predicted molar refractivity (Wildman–Crippen MR) is 77.1 cm³/mol. The first-order valence-corrected chi connectivity index (χ1v) is 6.80. The van der Waals surface area contributed by atoms with E-state index in [1.54, 1.807) is 11.3 Å². The molecule has 0 aliphatic rings. The molecule has 3 aromatic rings. The van der Waals surface area contributed by atoms with Crippen molar-refractivity contribution in [3.05, 3.63) is 64.1 Å². The fourth-order valence-electron chi connectivity index (χ4n) is 1.84. The summed E-state index contributed by atoms with van der Waals surface area (Å²) in [4.78, 5) is 4.57. The maximum Gasteiger partial charge on any atom is 0.115 e. The van der Waals surface area contributed by atoms with Gasteiger partial charge in [-0.25, -0.2) is 4.98 Å². The summed E-state index contributed by atoms with van der Waals surface area (Å²) >= 11 is 7.51. The van der Waals surface area contributed by atoms with E-state index < -0.39 is 0 Å². The van der Waals surface area contributed by atoms with Crippen molar-refractivity contribution in [1.82, 2.24) is 4.98 Å². The van der Waals surface area contributed by atoms with Crippen molar-refractivity contribution in [2.24, 2.45) is 5.73 Å². The van der Waals surface area contributed by atoms with Crippen LogP contribution in [0.15, 0.2) is 48.5 Å². The Hall–Kier alpha value is -1.42. The van der Waals surface area contributed by atoms with E-state index in [0.717, 1.165) is 25.8 Å². The van der Waals surface area contributed by atoms with Gasteiger partial charge in [0.05, 0.1) is 16.3 Å². The van der Waals surface area contributed by atoms with E-state index in [-0.39, 0.29) is 6.04 Å². The van der Waals surface area contributed by atoms with Crippen LogP contribution in [0.4, 0.5) is 0 Å². The van der Waals surface area contributed by atoms with E-state index in [1.807, 2.05) is 42.5 Å². The van der Waals surface area contributed by atoms with Crippen molar-refractivity contribution >= 4 is 33.2 Å². The Morgan fingerprint density at radius 2 is 1.78 bits per heavy atom. The van der Waals surface area contributed by atoms with Crippen LogP contribution >= 0.6 is 22.9 Å². The summed E-state index contributed by atoms with van der Waals surface area (Å²) in [5.74, 6) is 0. The van der Waals surface area contributed by atoms with E-state index in [4.69, 9.17) is 17.3 Å². The lowest BCUT2D eigenvalue weighted by Crippen LogP contribution is -2.11. The molecule has 0 fully saturated rings. The van der Waals surface area contributed by atoms with Gasteiger partial charge in [-0.3, -0.25) is 0 Å². The molecule has 0 radical (unpaired) electrons. The molecular formula is C14H11ClN2S. The van der Waals surface area contributed by atoms with Gasteiger partial charge in [-0.2, -0.15) is 0 Å². The van der Waals surface area contributed by atoms with Gasteiger partial charge in [0.1, 0.15) is 5.01 Å². The number of rotatable bonds is 2. The van der Waals surface area contributed by atoms with E-state index in [0.29, 0.717) is 0 Å². The lowest BCUT2D eigenvalue weighted by molar-refractivity contribution is 0.862. The Labute approximate surface area is 114 Å². The average Bonchev–Trinajstić information content (AvgIpc) is 2.82. The van der Waals surface area contributed by atoms with Gasteiger partial charge in [0, 0.05) is 5.02 Å².